The molecule has 1 aliphatic rings. The molecule has 8 nitrogen and oxygen atoms in total. The molecule has 166 valence electrons. The van der Waals surface area contributed by atoms with Gasteiger partial charge in [-0.2, -0.15) is 13.8 Å². The molecule has 3 aromatic rings. The molecular weight excluding hydrogens is 424 g/mol. The number of aromatic nitrogens is 3. The van der Waals surface area contributed by atoms with Gasteiger partial charge in [-0.25, -0.2) is 4.79 Å². The molecule has 4 rings (SSSR count). The van der Waals surface area contributed by atoms with Crippen LogP contribution in [0.25, 0.3) is 11.1 Å². The van der Waals surface area contributed by atoms with Gasteiger partial charge in [0.15, 0.2) is 11.9 Å². The van der Waals surface area contributed by atoms with Crippen LogP contribution in [0, 0.1) is 0 Å². The number of hydrogen-bond acceptors (Lipinski definition) is 7. The van der Waals surface area contributed by atoms with Gasteiger partial charge in [-0.05, 0) is 17.7 Å². The summed E-state index contributed by atoms with van der Waals surface area (Å²) in [6.45, 7) is -0.835. The van der Waals surface area contributed by atoms with Crippen molar-refractivity contribution >= 4 is 5.78 Å². The number of nitrogens with zero attached hydrogens (tertiary/aromatic N) is 3. The van der Waals surface area contributed by atoms with Crippen molar-refractivity contribution in [3.63, 3.8) is 0 Å². The van der Waals surface area contributed by atoms with Crippen molar-refractivity contribution in [3.8, 4) is 11.1 Å². The molecule has 0 bridgehead atoms. The van der Waals surface area contributed by atoms with Gasteiger partial charge >= 0.3 is 11.6 Å². The Bertz CT molecular complexity index is 1170. The van der Waals surface area contributed by atoms with Crippen LogP contribution in [0.5, 0.6) is 0 Å². The summed E-state index contributed by atoms with van der Waals surface area (Å²) in [4.78, 5) is 32.7. The highest BCUT2D eigenvalue weighted by atomic mass is 19.3. The van der Waals surface area contributed by atoms with Gasteiger partial charge in [0, 0.05) is 18.0 Å². The van der Waals surface area contributed by atoms with Crippen LogP contribution in [-0.2, 0) is 11.2 Å². The van der Waals surface area contributed by atoms with Crippen molar-refractivity contribution in [2.75, 3.05) is 6.61 Å². The third-order valence-corrected chi connectivity index (χ3v) is 5.20. The molecule has 0 saturated carbocycles. The fraction of sp³-hybridized carbons (Fsp3) is 0.273. The zero-order valence-corrected chi connectivity index (χ0v) is 16.6. The summed E-state index contributed by atoms with van der Waals surface area (Å²) in [6.07, 6.45) is -3.58. The molecule has 0 aliphatic carbocycles. The standard InChI is InChI=1S/C22H19F2N3O5/c23-22(24)19(30)18(12-28)32-20(22)27-9-8-15(26-21(27)31)10-17(29)16-7-6-14(11-25-16)13-4-2-1-3-5-13/h1-9,11,18-20,28,30H,10,12H2/t18-,19-,20-/m1/s1. The van der Waals surface area contributed by atoms with E-state index >= 15 is 0 Å². The molecule has 0 spiro atoms. The van der Waals surface area contributed by atoms with Crippen molar-refractivity contribution in [2.45, 2.75) is 30.8 Å². The van der Waals surface area contributed by atoms with Gasteiger partial charge in [0.2, 0.25) is 6.23 Å². The van der Waals surface area contributed by atoms with E-state index in [-0.39, 0.29) is 17.8 Å². The van der Waals surface area contributed by atoms with Crippen LogP contribution in [-0.4, -0.2) is 55.3 Å². The number of halogens is 2. The molecule has 0 radical (unpaired) electrons. The van der Waals surface area contributed by atoms with Gasteiger partial charge in [-0.3, -0.25) is 14.3 Å². The predicted octanol–water partition coefficient (Wildman–Crippen LogP) is 1.62. The number of aliphatic hydroxyl groups excluding tert-OH is 2. The normalized spacial score (nSPS) is 22.1. The molecule has 1 aromatic carbocycles. The fourth-order valence-electron chi connectivity index (χ4n) is 3.46. The predicted molar refractivity (Wildman–Crippen MR) is 108 cm³/mol. The lowest BCUT2D eigenvalue weighted by atomic mass is 10.1. The maximum Gasteiger partial charge on any atom is 0.350 e. The Kier molecular flexibility index (Phi) is 5.92. The lowest BCUT2D eigenvalue weighted by molar-refractivity contribution is -0.141. The van der Waals surface area contributed by atoms with E-state index in [0.29, 0.717) is 4.57 Å². The molecule has 10 heteroatoms. The van der Waals surface area contributed by atoms with E-state index in [4.69, 9.17) is 9.84 Å². The molecule has 1 fully saturated rings. The Balaban J connectivity index is 1.49. The molecule has 0 amide bonds. The van der Waals surface area contributed by atoms with Crippen LogP contribution >= 0.6 is 0 Å². The topological polar surface area (TPSA) is 115 Å². The second kappa shape index (κ2) is 8.65. The lowest BCUT2D eigenvalue weighted by Crippen LogP contribution is -2.41. The minimum Gasteiger partial charge on any atom is -0.394 e. The second-order valence-corrected chi connectivity index (χ2v) is 7.34. The second-order valence-electron chi connectivity index (χ2n) is 7.34. The Morgan fingerprint density at radius 2 is 1.88 bits per heavy atom. The summed E-state index contributed by atoms with van der Waals surface area (Å²) in [5, 5.41) is 18.7. The van der Waals surface area contributed by atoms with Crippen molar-refractivity contribution in [3.05, 3.63) is 82.8 Å². The molecule has 1 saturated heterocycles. The van der Waals surface area contributed by atoms with Crippen LogP contribution in [0.1, 0.15) is 22.4 Å². The summed E-state index contributed by atoms with van der Waals surface area (Å²) in [5.74, 6) is -4.20. The monoisotopic (exact) mass is 443 g/mol. The van der Waals surface area contributed by atoms with Crippen molar-refractivity contribution < 1.29 is 28.5 Å². The Morgan fingerprint density at radius 3 is 2.47 bits per heavy atom. The largest absolute Gasteiger partial charge is 0.394 e. The number of ether oxygens (including phenoxy) is 1. The first-order valence-electron chi connectivity index (χ1n) is 9.76. The summed E-state index contributed by atoms with van der Waals surface area (Å²) in [5.41, 5.74) is 0.964. The third-order valence-electron chi connectivity index (χ3n) is 5.20. The number of aliphatic hydroxyl groups is 2. The number of ketones is 1. The van der Waals surface area contributed by atoms with Gasteiger partial charge in [0.05, 0.1) is 18.7 Å². The van der Waals surface area contributed by atoms with Gasteiger partial charge in [0.1, 0.15) is 11.8 Å². The highest BCUT2D eigenvalue weighted by molar-refractivity contribution is 5.95. The zero-order valence-electron chi connectivity index (χ0n) is 16.6. The first-order valence-corrected chi connectivity index (χ1v) is 9.76. The molecule has 3 heterocycles. The average molecular weight is 443 g/mol. The van der Waals surface area contributed by atoms with E-state index in [2.05, 4.69) is 9.97 Å². The highest BCUT2D eigenvalue weighted by Gasteiger charge is 2.59. The molecule has 3 atom stereocenters. The van der Waals surface area contributed by atoms with E-state index < -0.39 is 42.4 Å². The maximum atomic E-state index is 14.3. The van der Waals surface area contributed by atoms with Crippen LogP contribution < -0.4 is 5.69 Å². The SMILES string of the molecule is O=C(Cc1ccn([C@@H]2O[C@H](CO)[C@@H](O)C2(F)F)c(=O)n1)c1ccc(-c2ccccc2)cn1. The van der Waals surface area contributed by atoms with Crippen LogP contribution in [0.4, 0.5) is 8.78 Å². The van der Waals surface area contributed by atoms with Crippen molar-refractivity contribution in [1.82, 2.24) is 14.5 Å². The fourth-order valence-corrected chi connectivity index (χ4v) is 3.46. The van der Waals surface area contributed by atoms with E-state index in [1.807, 2.05) is 30.3 Å². The van der Waals surface area contributed by atoms with E-state index in [0.717, 1.165) is 17.3 Å². The summed E-state index contributed by atoms with van der Waals surface area (Å²) >= 11 is 0. The number of rotatable bonds is 6. The highest BCUT2D eigenvalue weighted by Crippen LogP contribution is 2.41. The molecule has 1 aliphatic heterocycles. The van der Waals surface area contributed by atoms with E-state index in [1.54, 1.807) is 18.3 Å². The first kappa shape index (κ1) is 21.9. The van der Waals surface area contributed by atoms with Crippen molar-refractivity contribution in [1.29, 1.82) is 0 Å². The lowest BCUT2D eigenvalue weighted by Gasteiger charge is -2.21. The number of benzene rings is 1. The number of Topliss-reactive ketones (excluding diaryl/α,β-unsaturated/α-hetero) is 1. The molecule has 0 unspecified atom stereocenters. The maximum absolute atomic E-state index is 14.3. The summed E-state index contributed by atoms with van der Waals surface area (Å²) in [7, 11) is 0. The smallest absolute Gasteiger partial charge is 0.350 e. The van der Waals surface area contributed by atoms with E-state index in [1.165, 1.54) is 6.07 Å². The summed E-state index contributed by atoms with van der Waals surface area (Å²) in [6, 6.07) is 14.1. The number of pyridine rings is 1. The average Bonchev–Trinajstić information content (AvgIpc) is 3.03. The quantitative estimate of drug-likeness (QED) is 0.557. The summed E-state index contributed by atoms with van der Waals surface area (Å²) < 4.78 is 34.0. The molecular formula is C22H19F2N3O5. The van der Waals surface area contributed by atoms with Crippen LogP contribution in [0.3, 0.4) is 0 Å². The molecule has 2 aromatic heterocycles. The Morgan fingerprint density at radius 1 is 1.12 bits per heavy atom. The molecule has 2 N–H and O–H groups in total. The van der Waals surface area contributed by atoms with Crippen LogP contribution in [0.15, 0.2) is 65.7 Å². The van der Waals surface area contributed by atoms with Gasteiger partial charge in [-0.15, -0.1) is 0 Å². The van der Waals surface area contributed by atoms with Gasteiger partial charge in [0.25, 0.3) is 0 Å². The van der Waals surface area contributed by atoms with Gasteiger partial charge < -0.3 is 14.9 Å². The number of carbonyl (C=O) groups excluding carboxylic acids is 1. The molecule has 32 heavy (non-hydrogen) atoms. The Hall–Kier alpha value is -3.34. The van der Waals surface area contributed by atoms with Gasteiger partial charge in [-0.1, -0.05) is 36.4 Å². The minimum atomic E-state index is -3.80. The van der Waals surface area contributed by atoms with Crippen LogP contribution in [0.2, 0.25) is 0 Å². The first-order chi connectivity index (χ1) is 15.3. The zero-order chi connectivity index (χ0) is 22.9. The van der Waals surface area contributed by atoms with Crippen molar-refractivity contribution in [2.24, 2.45) is 0 Å². The third kappa shape index (κ3) is 4.07. The minimum absolute atomic E-state index is 0.0748. The number of alkyl halides is 2. The number of hydrogen-bond donors (Lipinski definition) is 2. The van der Waals surface area contributed by atoms with E-state index in [9.17, 15) is 23.5 Å². The number of carbonyl (C=O) groups is 1. The Labute approximate surface area is 180 Å².